The Hall–Kier alpha value is -2.74. The van der Waals surface area contributed by atoms with Crippen molar-refractivity contribution in [2.45, 2.75) is 32.7 Å². The molecule has 29 heavy (non-hydrogen) atoms. The van der Waals surface area contributed by atoms with Crippen LogP contribution in [-0.2, 0) is 4.74 Å². The third-order valence-corrected chi connectivity index (χ3v) is 5.03. The summed E-state index contributed by atoms with van der Waals surface area (Å²) in [7, 11) is 1.61. The van der Waals surface area contributed by atoms with Gasteiger partial charge in [0.05, 0.1) is 6.61 Å². The topological polar surface area (TPSA) is 70.6 Å². The zero-order valence-corrected chi connectivity index (χ0v) is 17.2. The largest absolute Gasteiger partial charge is 0.383 e. The number of hydrogen-bond acceptors (Lipinski definition) is 5. The Labute approximate surface area is 170 Å². The summed E-state index contributed by atoms with van der Waals surface area (Å²) >= 11 is 0. The van der Waals surface area contributed by atoms with E-state index in [2.05, 4.69) is 20.2 Å². The van der Waals surface area contributed by atoms with Crippen molar-refractivity contribution in [2.24, 2.45) is 0 Å². The van der Waals surface area contributed by atoms with E-state index in [1.165, 1.54) is 12.1 Å². The number of piperidine rings is 1. The molecule has 0 spiro atoms. The van der Waals surface area contributed by atoms with Crippen LogP contribution in [0.1, 0.15) is 24.2 Å². The lowest BCUT2D eigenvalue weighted by atomic mass is 10.0. The first-order chi connectivity index (χ1) is 14.0. The number of amides is 2. The zero-order valence-electron chi connectivity index (χ0n) is 17.2. The Morgan fingerprint density at radius 1 is 1.24 bits per heavy atom. The molecule has 2 aromatic rings. The van der Waals surface area contributed by atoms with Gasteiger partial charge in [-0.05, 0) is 51.0 Å². The second-order valence-corrected chi connectivity index (χ2v) is 7.30. The van der Waals surface area contributed by atoms with E-state index in [4.69, 9.17) is 4.74 Å². The first kappa shape index (κ1) is 21.0. The molecule has 2 amide bonds. The molecule has 0 saturated carbocycles. The normalized spacial score (nSPS) is 14.7. The summed E-state index contributed by atoms with van der Waals surface area (Å²) in [5.41, 5.74) is 2.34. The fourth-order valence-electron chi connectivity index (χ4n) is 3.63. The Kier molecular flexibility index (Phi) is 6.98. The van der Waals surface area contributed by atoms with Crippen LogP contribution in [0.3, 0.4) is 0 Å². The van der Waals surface area contributed by atoms with E-state index in [1.807, 2.05) is 19.9 Å². The van der Waals surface area contributed by atoms with E-state index in [1.54, 1.807) is 24.1 Å². The standard InChI is InChI=1S/C21H28FN5O2/c1-15-13-16(2)24-20(23-15)26-9-7-19(8-10-26)27(11-12-29-3)21(28)25-18-6-4-5-17(22)14-18/h4-6,13-14,19H,7-12H2,1-3H3,(H,25,28). The van der Waals surface area contributed by atoms with Crippen molar-refractivity contribution in [1.29, 1.82) is 0 Å². The van der Waals surface area contributed by atoms with Crippen LogP contribution in [0.2, 0.25) is 0 Å². The van der Waals surface area contributed by atoms with Gasteiger partial charge in [0.15, 0.2) is 0 Å². The molecule has 2 heterocycles. The summed E-state index contributed by atoms with van der Waals surface area (Å²) in [6, 6.07) is 7.70. The highest BCUT2D eigenvalue weighted by molar-refractivity contribution is 5.89. The molecule has 0 atom stereocenters. The minimum Gasteiger partial charge on any atom is -0.383 e. The fraction of sp³-hybridized carbons (Fsp3) is 0.476. The summed E-state index contributed by atoms with van der Waals surface area (Å²) in [5.74, 6) is 0.363. The van der Waals surface area contributed by atoms with Gasteiger partial charge in [0.1, 0.15) is 5.82 Å². The number of halogens is 1. The van der Waals surface area contributed by atoms with Crippen molar-refractivity contribution < 1.29 is 13.9 Å². The summed E-state index contributed by atoms with van der Waals surface area (Å²) in [5, 5.41) is 2.80. The predicted octanol–water partition coefficient (Wildman–Crippen LogP) is 3.38. The number of rotatable bonds is 6. The minimum atomic E-state index is -0.381. The van der Waals surface area contributed by atoms with Crippen LogP contribution in [0.25, 0.3) is 0 Å². The molecule has 1 aromatic carbocycles. The number of urea groups is 1. The van der Waals surface area contributed by atoms with E-state index in [-0.39, 0.29) is 17.9 Å². The lowest BCUT2D eigenvalue weighted by Gasteiger charge is -2.38. The van der Waals surface area contributed by atoms with Crippen LogP contribution in [-0.4, -0.2) is 60.3 Å². The minimum absolute atomic E-state index is 0.0702. The number of carbonyl (C=O) groups is 1. The first-order valence-corrected chi connectivity index (χ1v) is 9.85. The molecular weight excluding hydrogens is 373 g/mol. The van der Waals surface area contributed by atoms with Crippen LogP contribution >= 0.6 is 0 Å². The van der Waals surface area contributed by atoms with Crippen molar-refractivity contribution in [3.8, 4) is 0 Å². The molecule has 1 aromatic heterocycles. The SMILES string of the molecule is COCCN(C(=O)Nc1cccc(F)c1)C1CCN(c2nc(C)cc(C)n2)CC1. The molecule has 7 nitrogen and oxygen atoms in total. The van der Waals surface area contributed by atoms with Gasteiger partial charge in [-0.3, -0.25) is 0 Å². The van der Waals surface area contributed by atoms with Gasteiger partial charge in [0.2, 0.25) is 5.95 Å². The Morgan fingerprint density at radius 3 is 2.55 bits per heavy atom. The maximum atomic E-state index is 13.4. The van der Waals surface area contributed by atoms with Crippen LogP contribution < -0.4 is 10.2 Å². The molecule has 1 aliphatic rings. The van der Waals surface area contributed by atoms with Gasteiger partial charge in [0.25, 0.3) is 0 Å². The lowest BCUT2D eigenvalue weighted by molar-refractivity contribution is 0.127. The smallest absolute Gasteiger partial charge is 0.322 e. The maximum Gasteiger partial charge on any atom is 0.322 e. The highest BCUT2D eigenvalue weighted by Gasteiger charge is 2.29. The quantitative estimate of drug-likeness (QED) is 0.804. The highest BCUT2D eigenvalue weighted by atomic mass is 19.1. The molecular formula is C21H28FN5O2. The molecule has 8 heteroatoms. The predicted molar refractivity (Wildman–Crippen MR) is 111 cm³/mol. The summed E-state index contributed by atoms with van der Waals surface area (Å²) in [6.07, 6.45) is 1.60. The van der Waals surface area contributed by atoms with E-state index < -0.39 is 0 Å². The van der Waals surface area contributed by atoms with E-state index in [0.29, 0.717) is 18.8 Å². The van der Waals surface area contributed by atoms with Crippen LogP contribution in [0.5, 0.6) is 0 Å². The average molecular weight is 401 g/mol. The highest BCUT2D eigenvalue weighted by Crippen LogP contribution is 2.22. The Bertz CT molecular complexity index is 819. The molecule has 3 rings (SSSR count). The van der Waals surface area contributed by atoms with Crippen molar-refractivity contribution in [2.75, 3.05) is 43.6 Å². The molecule has 0 bridgehead atoms. The van der Waals surface area contributed by atoms with Crippen LogP contribution in [0.15, 0.2) is 30.3 Å². The monoisotopic (exact) mass is 401 g/mol. The van der Waals surface area contributed by atoms with Crippen molar-refractivity contribution in [3.63, 3.8) is 0 Å². The summed E-state index contributed by atoms with van der Waals surface area (Å²) < 4.78 is 18.6. The number of aromatic nitrogens is 2. The fourth-order valence-corrected chi connectivity index (χ4v) is 3.63. The van der Waals surface area contributed by atoms with Crippen molar-refractivity contribution in [3.05, 3.63) is 47.5 Å². The number of hydrogen-bond donors (Lipinski definition) is 1. The van der Waals surface area contributed by atoms with Gasteiger partial charge in [-0.15, -0.1) is 0 Å². The van der Waals surface area contributed by atoms with E-state index >= 15 is 0 Å². The first-order valence-electron chi connectivity index (χ1n) is 9.85. The van der Waals surface area contributed by atoms with Crippen molar-refractivity contribution in [1.82, 2.24) is 14.9 Å². The molecule has 1 saturated heterocycles. The maximum absolute atomic E-state index is 13.4. The van der Waals surface area contributed by atoms with Crippen molar-refractivity contribution >= 4 is 17.7 Å². The average Bonchev–Trinajstić information content (AvgIpc) is 2.68. The molecule has 156 valence electrons. The number of carbonyl (C=O) groups excluding carboxylic acids is 1. The lowest BCUT2D eigenvalue weighted by Crippen LogP contribution is -2.50. The van der Waals surface area contributed by atoms with Gasteiger partial charge in [-0.1, -0.05) is 6.07 Å². The van der Waals surface area contributed by atoms with E-state index in [0.717, 1.165) is 43.3 Å². The number of nitrogens with one attached hydrogen (secondary N) is 1. The molecule has 1 aliphatic heterocycles. The van der Waals surface area contributed by atoms with Gasteiger partial charge >= 0.3 is 6.03 Å². The van der Waals surface area contributed by atoms with Crippen LogP contribution in [0, 0.1) is 19.7 Å². The second kappa shape index (κ2) is 9.65. The zero-order chi connectivity index (χ0) is 20.8. The van der Waals surface area contributed by atoms with Gasteiger partial charge in [-0.25, -0.2) is 19.2 Å². The van der Waals surface area contributed by atoms with Crippen LogP contribution in [0.4, 0.5) is 20.8 Å². The van der Waals surface area contributed by atoms with Gasteiger partial charge in [-0.2, -0.15) is 0 Å². The molecule has 0 unspecified atom stereocenters. The number of benzene rings is 1. The number of anilines is 2. The third-order valence-electron chi connectivity index (χ3n) is 5.03. The Balaban J connectivity index is 1.65. The second-order valence-electron chi connectivity index (χ2n) is 7.30. The van der Waals surface area contributed by atoms with Gasteiger partial charge in [0, 0.05) is 49.9 Å². The number of aryl methyl sites for hydroxylation is 2. The number of ether oxygens (including phenoxy) is 1. The number of methoxy groups -OCH3 is 1. The summed E-state index contributed by atoms with van der Waals surface area (Å²) in [6.45, 7) is 6.39. The molecule has 0 aliphatic carbocycles. The third kappa shape index (κ3) is 5.63. The van der Waals surface area contributed by atoms with Gasteiger partial charge < -0.3 is 19.9 Å². The van der Waals surface area contributed by atoms with E-state index in [9.17, 15) is 9.18 Å². The Morgan fingerprint density at radius 2 is 1.93 bits per heavy atom. The molecule has 1 N–H and O–H groups in total. The molecule has 1 fully saturated rings. The molecule has 0 radical (unpaired) electrons. The number of nitrogens with zero attached hydrogens (tertiary/aromatic N) is 4. The summed E-state index contributed by atoms with van der Waals surface area (Å²) in [4.78, 5) is 25.9.